The van der Waals surface area contributed by atoms with Gasteiger partial charge in [0.05, 0.1) is 7.11 Å². The van der Waals surface area contributed by atoms with E-state index in [1.54, 1.807) is 24.3 Å². The molecule has 2 N–H and O–H groups in total. The number of benzene rings is 1. The maximum Gasteiger partial charge on any atom is 0.327 e. The lowest BCUT2D eigenvalue weighted by molar-refractivity contribution is -0.155. The summed E-state index contributed by atoms with van der Waals surface area (Å²) in [5, 5.41) is 5.41. The molecule has 0 radical (unpaired) electrons. The fraction of sp³-hybridized carbons (Fsp3) is 0.524. The standard InChI is InChI=1S/C21H27N3O6/c1-13-7-4-5-10-21(13)19(27)24(20(28)23-21)12-17(25)30-14(2)18(26)22-15-8-6-9-16(11-15)29-3/h6,8-9,11,13-14H,4-5,7,10,12H2,1-3H3,(H,22,26)(H,23,28)/t13-,14+,21+/m1/s1. The third kappa shape index (κ3) is 4.24. The number of urea groups is 1. The minimum atomic E-state index is -1.10. The molecule has 1 spiro atoms. The Balaban J connectivity index is 1.57. The monoisotopic (exact) mass is 417 g/mol. The van der Waals surface area contributed by atoms with Gasteiger partial charge in [0, 0.05) is 11.8 Å². The molecule has 1 aromatic rings. The molecule has 1 saturated carbocycles. The minimum Gasteiger partial charge on any atom is -0.497 e. The summed E-state index contributed by atoms with van der Waals surface area (Å²) in [6.07, 6.45) is 2.14. The maximum atomic E-state index is 12.9. The first kappa shape index (κ1) is 21.6. The molecule has 30 heavy (non-hydrogen) atoms. The molecule has 3 rings (SSSR count). The number of ether oxygens (including phenoxy) is 2. The normalized spacial score (nSPS) is 24.4. The van der Waals surface area contributed by atoms with Crippen LogP contribution in [0.5, 0.6) is 5.75 Å². The summed E-state index contributed by atoms with van der Waals surface area (Å²) < 4.78 is 10.2. The lowest BCUT2D eigenvalue weighted by atomic mass is 9.73. The molecule has 162 valence electrons. The van der Waals surface area contributed by atoms with Gasteiger partial charge in [-0.2, -0.15) is 0 Å². The molecule has 9 nitrogen and oxygen atoms in total. The van der Waals surface area contributed by atoms with E-state index in [0.29, 0.717) is 17.9 Å². The zero-order valence-corrected chi connectivity index (χ0v) is 17.4. The maximum absolute atomic E-state index is 12.9. The van der Waals surface area contributed by atoms with E-state index in [2.05, 4.69) is 10.6 Å². The smallest absolute Gasteiger partial charge is 0.327 e. The summed E-state index contributed by atoms with van der Waals surface area (Å²) in [6.45, 7) is 2.82. The van der Waals surface area contributed by atoms with Crippen LogP contribution < -0.4 is 15.4 Å². The van der Waals surface area contributed by atoms with Crippen molar-refractivity contribution in [2.24, 2.45) is 5.92 Å². The van der Waals surface area contributed by atoms with Crippen LogP contribution in [0.2, 0.25) is 0 Å². The Morgan fingerprint density at radius 1 is 1.33 bits per heavy atom. The fourth-order valence-electron chi connectivity index (χ4n) is 4.00. The van der Waals surface area contributed by atoms with E-state index >= 15 is 0 Å². The number of rotatable bonds is 6. The van der Waals surface area contributed by atoms with Gasteiger partial charge in [0.25, 0.3) is 11.8 Å². The molecule has 3 atom stereocenters. The summed E-state index contributed by atoms with van der Waals surface area (Å²) in [6, 6.07) is 6.15. The van der Waals surface area contributed by atoms with Crippen LogP contribution in [0.15, 0.2) is 24.3 Å². The lowest BCUT2D eigenvalue weighted by Crippen LogP contribution is -2.54. The molecule has 1 aromatic carbocycles. The molecular weight excluding hydrogens is 390 g/mol. The predicted molar refractivity (Wildman–Crippen MR) is 108 cm³/mol. The van der Waals surface area contributed by atoms with Gasteiger partial charge in [0.2, 0.25) is 0 Å². The molecule has 4 amide bonds. The van der Waals surface area contributed by atoms with Crippen LogP contribution in [-0.4, -0.2) is 54.0 Å². The number of imide groups is 1. The van der Waals surface area contributed by atoms with Crippen LogP contribution >= 0.6 is 0 Å². The molecule has 0 aromatic heterocycles. The van der Waals surface area contributed by atoms with E-state index < -0.39 is 42.0 Å². The zero-order valence-electron chi connectivity index (χ0n) is 17.4. The first-order valence-electron chi connectivity index (χ1n) is 10.1. The first-order valence-corrected chi connectivity index (χ1v) is 10.1. The van der Waals surface area contributed by atoms with Crippen LogP contribution in [0.25, 0.3) is 0 Å². The van der Waals surface area contributed by atoms with Crippen molar-refractivity contribution in [1.82, 2.24) is 10.2 Å². The number of esters is 1. The molecule has 9 heteroatoms. The second-order valence-electron chi connectivity index (χ2n) is 7.79. The van der Waals surface area contributed by atoms with Gasteiger partial charge in [-0.3, -0.25) is 19.3 Å². The van der Waals surface area contributed by atoms with Gasteiger partial charge in [-0.15, -0.1) is 0 Å². The van der Waals surface area contributed by atoms with E-state index in [0.717, 1.165) is 24.2 Å². The molecule has 1 aliphatic carbocycles. The van der Waals surface area contributed by atoms with Gasteiger partial charge in [0.15, 0.2) is 6.10 Å². The number of nitrogens with zero attached hydrogens (tertiary/aromatic N) is 1. The Labute approximate surface area is 175 Å². The van der Waals surface area contributed by atoms with Crippen molar-refractivity contribution in [2.75, 3.05) is 19.0 Å². The number of carbonyl (C=O) groups is 4. The van der Waals surface area contributed by atoms with Crippen LogP contribution in [-0.2, 0) is 19.1 Å². The molecule has 1 saturated heterocycles. The minimum absolute atomic E-state index is 0.00344. The van der Waals surface area contributed by atoms with Crippen molar-refractivity contribution in [2.45, 2.75) is 51.2 Å². The highest BCUT2D eigenvalue weighted by molar-refractivity contribution is 6.09. The molecular formula is C21H27N3O6. The highest BCUT2D eigenvalue weighted by Crippen LogP contribution is 2.38. The number of carbonyl (C=O) groups excluding carboxylic acids is 4. The summed E-state index contributed by atoms with van der Waals surface area (Å²) in [5.74, 6) is -1.19. The molecule has 0 unspecified atom stereocenters. The van der Waals surface area contributed by atoms with E-state index in [1.807, 2.05) is 6.92 Å². The molecule has 1 heterocycles. The van der Waals surface area contributed by atoms with E-state index in [9.17, 15) is 19.2 Å². The van der Waals surface area contributed by atoms with Crippen molar-refractivity contribution >= 4 is 29.5 Å². The van der Waals surface area contributed by atoms with Gasteiger partial charge in [0.1, 0.15) is 17.8 Å². The third-order valence-electron chi connectivity index (χ3n) is 5.80. The van der Waals surface area contributed by atoms with Crippen LogP contribution in [0.3, 0.4) is 0 Å². The molecule has 0 bridgehead atoms. The average Bonchev–Trinajstić information content (AvgIpc) is 2.95. The quantitative estimate of drug-likeness (QED) is 0.541. The summed E-state index contributed by atoms with van der Waals surface area (Å²) in [7, 11) is 1.51. The van der Waals surface area contributed by atoms with Gasteiger partial charge in [-0.05, 0) is 37.8 Å². The van der Waals surface area contributed by atoms with Gasteiger partial charge < -0.3 is 20.1 Å². The summed E-state index contributed by atoms with van der Waals surface area (Å²) in [5.41, 5.74) is -0.449. The second-order valence-corrected chi connectivity index (χ2v) is 7.79. The van der Waals surface area contributed by atoms with Crippen LogP contribution in [0.4, 0.5) is 10.5 Å². The van der Waals surface area contributed by atoms with E-state index in [1.165, 1.54) is 14.0 Å². The SMILES string of the molecule is COc1cccc(NC(=O)[C@H](C)OC(=O)CN2C(=O)N[C@]3(CCCC[C@H]3C)C2=O)c1. The first-order chi connectivity index (χ1) is 14.3. The fourth-order valence-corrected chi connectivity index (χ4v) is 4.00. The van der Waals surface area contributed by atoms with E-state index in [-0.39, 0.29) is 5.92 Å². The number of nitrogens with one attached hydrogen (secondary N) is 2. The second kappa shape index (κ2) is 8.73. The van der Waals surface area contributed by atoms with Crippen molar-refractivity contribution < 1.29 is 28.7 Å². The number of anilines is 1. The Hall–Kier alpha value is -3.10. The summed E-state index contributed by atoms with van der Waals surface area (Å²) >= 11 is 0. The Morgan fingerprint density at radius 3 is 2.80 bits per heavy atom. The Kier molecular flexibility index (Phi) is 6.28. The number of methoxy groups -OCH3 is 1. The molecule has 2 fully saturated rings. The largest absolute Gasteiger partial charge is 0.497 e. The molecule has 2 aliphatic rings. The third-order valence-corrected chi connectivity index (χ3v) is 5.80. The van der Waals surface area contributed by atoms with Crippen LogP contribution in [0, 0.1) is 5.92 Å². The van der Waals surface area contributed by atoms with Crippen molar-refractivity contribution in [3.63, 3.8) is 0 Å². The Morgan fingerprint density at radius 2 is 2.10 bits per heavy atom. The van der Waals surface area contributed by atoms with E-state index in [4.69, 9.17) is 9.47 Å². The van der Waals surface area contributed by atoms with Crippen LogP contribution in [0.1, 0.15) is 39.5 Å². The van der Waals surface area contributed by atoms with Crippen molar-refractivity contribution in [3.05, 3.63) is 24.3 Å². The highest BCUT2D eigenvalue weighted by atomic mass is 16.5. The Bertz CT molecular complexity index is 857. The lowest BCUT2D eigenvalue weighted by Gasteiger charge is -2.36. The van der Waals surface area contributed by atoms with Gasteiger partial charge in [-0.1, -0.05) is 25.8 Å². The van der Waals surface area contributed by atoms with Crippen molar-refractivity contribution in [3.8, 4) is 5.75 Å². The predicted octanol–water partition coefficient (Wildman–Crippen LogP) is 2.07. The zero-order chi connectivity index (χ0) is 21.9. The van der Waals surface area contributed by atoms with Crippen molar-refractivity contribution in [1.29, 1.82) is 0 Å². The molecule has 1 aliphatic heterocycles. The summed E-state index contributed by atoms with van der Waals surface area (Å²) in [4.78, 5) is 50.8. The number of amides is 4. The average molecular weight is 417 g/mol. The number of hydrogen-bond donors (Lipinski definition) is 2. The van der Waals surface area contributed by atoms with Gasteiger partial charge in [-0.25, -0.2) is 4.79 Å². The number of hydrogen-bond acceptors (Lipinski definition) is 6. The highest BCUT2D eigenvalue weighted by Gasteiger charge is 2.55. The topological polar surface area (TPSA) is 114 Å². The van der Waals surface area contributed by atoms with Gasteiger partial charge >= 0.3 is 12.0 Å².